The van der Waals surface area contributed by atoms with Crippen LogP contribution < -0.4 is 10.6 Å². The van der Waals surface area contributed by atoms with Crippen LogP contribution in [-0.4, -0.2) is 12.5 Å². The van der Waals surface area contributed by atoms with E-state index in [1.54, 1.807) is 0 Å². The summed E-state index contributed by atoms with van der Waals surface area (Å²) in [6.45, 7) is -0.517. The van der Waals surface area contributed by atoms with E-state index in [9.17, 15) is 35.5 Å². The molecule has 0 heterocycles. The van der Waals surface area contributed by atoms with Gasteiger partial charge < -0.3 is 10.6 Å². The van der Waals surface area contributed by atoms with Gasteiger partial charge in [-0.15, -0.1) is 0 Å². The lowest BCUT2D eigenvalue weighted by molar-refractivity contribution is -0.143. The highest BCUT2D eigenvalue weighted by Gasteiger charge is 2.36. The lowest BCUT2D eigenvalue weighted by atomic mass is 10.1. The molecular formula is C17H13F7N2O. The third kappa shape index (κ3) is 6.15. The number of rotatable bonds is 5. The molecule has 2 aromatic rings. The van der Waals surface area contributed by atoms with E-state index in [-0.39, 0.29) is 12.6 Å². The van der Waals surface area contributed by atoms with E-state index in [0.717, 1.165) is 0 Å². The van der Waals surface area contributed by atoms with Crippen LogP contribution in [-0.2, 0) is 23.7 Å². The van der Waals surface area contributed by atoms with Crippen molar-refractivity contribution in [1.82, 2.24) is 5.32 Å². The molecule has 0 fully saturated rings. The minimum atomic E-state index is -4.97. The summed E-state index contributed by atoms with van der Waals surface area (Å²) in [5, 5.41) is 4.65. The average molecular weight is 394 g/mol. The molecule has 0 radical (unpaired) electrons. The summed E-state index contributed by atoms with van der Waals surface area (Å²) < 4.78 is 89.4. The molecule has 0 saturated heterocycles. The number of nitrogens with one attached hydrogen (secondary N) is 2. The largest absolute Gasteiger partial charge is 0.416 e. The summed E-state index contributed by atoms with van der Waals surface area (Å²) >= 11 is 0. The third-order valence-corrected chi connectivity index (χ3v) is 3.44. The zero-order valence-corrected chi connectivity index (χ0v) is 13.5. The molecule has 0 aromatic heterocycles. The minimum Gasteiger partial charge on any atom is -0.376 e. The number of halogens is 7. The quantitative estimate of drug-likeness (QED) is 0.729. The van der Waals surface area contributed by atoms with E-state index in [2.05, 4.69) is 10.6 Å². The Bertz CT molecular complexity index is 766. The number of hydrogen-bond donors (Lipinski definition) is 2. The Balaban J connectivity index is 2.03. The second-order valence-electron chi connectivity index (χ2n) is 5.55. The highest BCUT2D eigenvalue weighted by atomic mass is 19.4. The summed E-state index contributed by atoms with van der Waals surface area (Å²) in [6.07, 6.45) is -9.94. The van der Waals surface area contributed by atoms with Crippen molar-refractivity contribution in [2.24, 2.45) is 0 Å². The predicted molar refractivity (Wildman–Crippen MR) is 83.2 cm³/mol. The van der Waals surface area contributed by atoms with E-state index in [4.69, 9.17) is 0 Å². The van der Waals surface area contributed by atoms with Gasteiger partial charge in [0.2, 0.25) is 5.91 Å². The maximum absolute atomic E-state index is 12.8. The van der Waals surface area contributed by atoms with Gasteiger partial charge in [0.15, 0.2) is 0 Å². The molecule has 0 saturated carbocycles. The maximum Gasteiger partial charge on any atom is 0.416 e. The van der Waals surface area contributed by atoms with Crippen molar-refractivity contribution in [1.29, 1.82) is 0 Å². The summed E-state index contributed by atoms with van der Waals surface area (Å²) in [4.78, 5) is 11.7. The molecule has 0 aliphatic rings. The van der Waals surface area contributed by atoms with Gasteiger partial charge in [0.25, 0.3) is 0 Å². The molecule has 0 bridgehead atoms. The number of carbonyl (C=O) groups is 1. The van der Waals surface area contributed by atoms with E-state index in [0.29, 0.717) is 17.7 Å². The van der Waals surface area contributed by atoms with Crippen LogP contribution in [0, 0.1) is 5.82 Å². The smallest absolute Gasteiger partial charge is 0.376 e. The number of alkyl halides is 6. The number of benzene rings is 2. The van der Waals surface area contributed by atoms with Gasteiger partial charge in [0.1, 0.15) is 5.82 Å². The van der Waals surface area contributed by atoms with Gasteiger partial charge in [-0.1, -0.05) is 12.1 Å². The Kier molecular flexibility index (Phi) is 5.97. The van der Waals surface area contributed by atoms with E-state index < -0.39 is 47.4 Å². The van der Waals surface area contributed by atoms with Gasteiger partial charge in [-0.05, 0) is 35.9 Å². The molecule has 1 amide bonds. The summed E-state index contributed by atoms with van der Waals surface area (Å²) in [5.41, 5.74) is -2.88. The Morgan fingerprint density at radius 2 is 1.37 bits per heavy atom. The summed E-state index contributed by atoms with van der Waals surface area (Å²) in [5.74, 6) is -1.12. The van der Waals surface area contributed by atoms with Crippen LogP contribution in [0.1, 0.15) is 16.7 Å². The Morgan fingerprint density at radius 1 is 0.852 bits per heavy atom. The van der Waals surface area contributed by atoms with Crippen LogP contribution in [0.4, 0.5) is 36.4 Å². The molecule has 10 heteroatoms. The fourth-order valence-electron chi connectivity index (χ4n) is 2.10. The highest BCUT2D eigenvalue weighted by Crippen LogP contribution is 2.37. The van der Waals surface area contributed by atoms with Gasteiger partial charge in [-0.2, -0.15) is 26.3 Å². The fraction of sp³-hybridized carbons (Fsp3) is 0.235. The lowest BCUT2D eigenvalue weighted by Gasteiger charge is -2.15. The van der Waals surface area contributed by atoms with Crippen LogP contribution in [0.2, 0.25) is 0 Å². The summed E-state index contributed by atoms with van der Waals surface area (Å²) in [7, 11) is 0. The predicted octanol–water partition coefficient (Wildman–Crippen LogP) is 4.59. The van der Waals surface area contributed by atoms with Crippen molar-refractivity contribution in [2.45, 2.75) is 18.9 Å². The molecule has 2 rings (SSSR count). The molecule has 2 aromatic carbocycles. The molecule has 0 unspecified atom stereocenters. The molecule has 2 N–H and O–H groups in total. The van der Waals surface area contributed by atoms with Gasteiger partial charge in [-0.3, -0.25) is 4.79 Å². The first kappa shape index (κ1) is 20.5. The molecule has 27 heavy (non-hydrogen) atoms. The van der Waals surface area contributed by atoms with E-state index in [1.807, 2.05) is 0 Å². The van der Waals surface area contributed by atoms with Crippen LogP contribution in [0.3, 0.4) is 0 Å². The zero-order chi connectivity index (χ0) is 20.2. The van der Waals surface area contributed by atoms with E-state index in [1.165, 1.54) is 24.3 Å². The molecule has 3 nitrogen and oxygen atoms in total. The first-order valence-electron chi connectivity index (χ1n) is 7.49. The van der Waals surface area contributed by atoms with Gasteiger partial charge in [-0.25, -0.2) is 4.39 Å². The maximum atomic E-state index is 12.8. The van der Waals surface area contributed by atoms with Crippen molar-refractivity contribution in [3.63, 3.8) is 0 Å². The van der Waals surface area contributed by atoms with Gasteiger partial charge in [0, 0.05) is 12.2 Å². The van der Waals surface area contributed by atoms with Crippen molar-refractivity contribution < 1.29 is 35.5 Å². The van der Waals surface area contributed by atoms with Gasteiger partial charge in [0.05, 0.1) is 17.7 Å². The Labute approximate surface area is 149 Å². The van der Waals surface area contributed by atoms with Crippen LogP contribution in [0.25, 0.3) is 0 Å². The number of hydrogen-bond acceptors (Lipinski definition) is 2. The fourth-order valence-corrected chi connectivity index (χ4v) is 2.10. The molecule has 146 valence electrons. The molecule has 0 aliphatic heterocycles. The average Bonchev–Trinajstić information content (AvgIpc) is 2.57. The number of amides is 1. The first-order chi connectivity index (χ1) is 12.4. The molecular weight excluding hydrogens is 381 g/mol. The lowest BCUT2D eigenvalue weighted by Crippen LogP contribution is -2.29. The van der Waals surface area contributed by atoms with Gasteiger partial charge >= 0.3 is 12.4 Å². The first-order valence-corrected chi connectivity index (χ1v) is 7.49. The third-order valence-electron chi connectivity index (χ3n) is 3.44. The van der Waals surface area contributed by atoms with Crippen molar-refractivity contribution in [2.75, 3.05) is 11.9 Å². The zero-order valence-electron chi connectivity index (χ0n) is 13.5. The summed E-state index contributed by atoms with van der Waals surface area (Å²) in [6, 6.07) is 6.18. The number of carbonyl (C=O) groups excluding carboxylic acids is 1. The molecule has 0 aliphatic carbocycles. The second-order valence-corrected chi connectivity index (χ2v) is 5.55. The van der Waals surface area contributed by atoms with Crippen molar-refractivity contribution in [3.05, 3.63) is 65.0 Å². The van der Waals surface area contributed by atoms with Crippen molar-refractivity contribution >= 4 is 11.6 Å². The topological polar surface area (TPSA) is 41.1 Å². The molecule has 0 spiro atoms. The van der Waals surface area contributed by atoms with Crippen LogP contribution in [0.15, 0.2) is 42.5 Å². The number of anilines is 1. The standard InChI is InChI=1S/C17H13F7N2O/c18-13-3-1-10(2-4-13)8-26-15(27)9-25-14-6-11(16(19,20)21)5-12(7-14)17(22,23)24/h1-7,25H,8-9H2,(H,26,27). The second kappa shape index (κ2) is 7.85. The van der Waals surface area contributed by atoms with Crippen LogP contribution >= 0.6 is 0 Å². The van der Waals surface area contributed by atoms with Crippen molar-refractivity contribution in [3.8, 4) is 0 Å². The highest BCUT2D eigenvalue weighted by molar-refractivity contribution is 5.80. The minimum absolute atomic E-state index is 0.000213. The Hall–Kier alpha value is -2.78. The SMILES string of the molecule is O=C(CNc1cc(C(F)(F)F)cc(C(F)(F)F)c1)NCc1ccc(F)cc1. The Morgan fingerprint density at radius 3 is 1.85 bits per heavy atom. The van der Waals surface area contributed by atoms with Crippen LogP contribution in [0.5, 0.6) is 0 Å². The molecule has 0 atom stereocenters. The monoisotopic (exact) mass is 394 g/mol. The van der Waals surface area contributed by atoms with E-state index >= 15 is 0 Å². The normalized spacial score (nSPS) is 12.0.